The summed E-state index contributed by atoms with van der Waals surface area (Å²) in [6.45, 7) is -0.313. The van der Waals surface area contributed by atoms with Crippen molar-refractivity contribution in [3.05, 3.63) is 64.0 Å². The van der Waals surface area contributed by atoms with Gasteiger partial charge in [0.1, 0.15) is 6.54 Å². The van der Waals surface area contributed by atoms with E-state index in [1.165, 1.54) is 11.8 Å². The number of benzene rings is 2. The Labute approximate surface area is 174 Å². The van der Waals surface area contributed by atoms with Crippen LogP contribution in [-0.4, -0.2) is 31.9 Å². The van der Waals surface area contributed by atoms with Crippen LogP contribution in [0.2, 0.25) is 5.02 Å². The Bertz CT molecular complexity index is 1310. The van der Waals surface area contributed by atoms with E-state index in [1.807, 2.05) is 6.26 Å². The van der Waals surface area contributed by atoms with E-state index in [0.29, 0.717) is 43.4 Å². The number of carboxylic acid groups (broad SMARTS) is 1. The van der Waals surface area contributed by atoms with Gasteiger partial charge < -0.3 is 15.0 Å². The number of halogens is 1. The number of carbonyl (C=O) groups is 1. The second kappa shape index (κ2) is 7.73. The number of aromatic nitrogens is 3. The van der Waals surface area contributed by atoms with Crippen LogP contribution in [0.5, 0.6) is 0 Å². The minimum Gasteiger partial charge on any atom is -0.480 e. The molecule has 146 valence electrons. The van der Waals surface area contributed by atoms with Gasteiger partial charge in [0.15, 0.2) is 5.43 Å². The lowest BCUT2D eigenvalue weighted by atomic mass is 10.1. The van der Waals surface area contributed by atoms with E-state index < -0.39 is 5.97 Å². The minimum atomic E-state index is -1.02. The first-order chi connectivity index (χ1) is 14.0. The third-order valence-corrected chi connectivity index (χ3v) is 5.70. The summed E-state index contributed by atoms with van der Waals surface area (Å²) in [6, 6.07) is 10.1. The van der Waals surface area contributed by atoms with Crippen molar-refractivity contribution in [2.45, 2.75) is 11.4 Å². The highest BCUT2D eigenvalue weighted by Gasteiger charge is 2.18. The zero-order valence-corrected chi connectivity index (χ0v) is 16.8. The van der Waals surface area contributed by atoms with Gasteiger partial charge in [0, 0.05) is 28.9 Å². The topological polar surface area (TPSA) is 97.1 Å². The molecule has 0 unspecified atom stereocenters. The number of hydrogen-bond acceptors (Lipinski definition) is 6. The molecule has 2 heterocycles. The van der Waals surface area contributed by atoms with Crippen molar-refractivity contribution in [1.29, 1.82) is 0 Å². The molecule has 2 aromatic carbocycles. The minimum absolute atomic E-state index is 0.175. The third kappa shape index (κ3) is 3.52. The SMILES string of the molecule is CSc1c(Cl)ccc2c(=O)c3ccc(Nc4ncccn4)cc3n(CC(=O)O)c12. The lowest BCUT2D eigenvalue weighted by Crippen LogP contribution is -2.17. The van der Waals surface area contributed by atoms with Crippen LogP contribution in [0.15, 0.2) is 58.5 Å². The standard InChI is InChI=1S/C20H15ClN4O3S/c1-29-19-14(21)6-5-13-17(19)25(10-16(26)27)15-9-11(3-4-12(15)18(13)28)24-20-22-7-2-8-23-20/h2-9H,10H2,1H3,(H,26,27)(H,22,23,24). The van der Waals surface area contributed by atoms with Crippen molar-refractivity contribution < 1.29 is 9.90 Å². The first-order valence-corrected chi connectivity index (χ1v) is 10.2. The molecule has 0 bridgehead atoms. The van der Waals surface area contributed by atoms with Crippen LogP contribution in [0.3, 0.4) is 0 Å². The number of pyridine rings is 1. The summed E-state index contributed by atoms with van der Waals surface area (Å²) in [5, 5.41) is 13.9. The quantitative estimate of drug-likeness (QED) is 0.365. The summed E-state index contributed by atoms with van der Waals surface area (Å²) in [6.07, 6.45) is 5.05. The number of nitrogens with one attached hydrogen (secondary N) is 1. The molecule has 7 nitrogen and oxygen atoms in total. The van der Waals surface area contributed by atoms with E-state index in [2.05, 4.69) is 15.3 Å². The molecule has 2 aromatic heterocycles. The van der Waals surface area contributed by atoms with Gasteiger partial charge in [-0.3, -0.25) is 9.59 Å². The normalized spacial score (nSPS) is 11.1. The Morgan fingerprint density at radius 1 is 1.21 bits per heavy atom. The molecule has 0 aliphatic rings. The van der Waals surface area contributed by atoms with E-state index in [0.717, 1.165) is 0 Å². The molecule has 0 fully saturated rings. The molecule has 2 N–H and O–H groups in total. The van der Waals surface area contributed by atoms with Crippen LogP contribution >= 0.6 is 23.4 Å². The first kappa shape index (κ1) is 19.2. The average Bonchev–Trinajstić information content (AvgIpc) is 2.71. The monoisotopic (exact) mass is 426 g/mol. The van der Waals surface area contributed by atoms with Crippen molar-refractivity contribution in [2.75, 3.05) is 11.6 Å². The van der Waals surface area contributed by atoms with Crippen LogP contribution in [0.1, 0.15) is 0 Å². The predicted molar refractivity (Wildman–Crippen MR) is 115 cm³/mol. The molecule has 0 saturated carbocycles. The number of fused-ring (bicyclic) bond motifs is 2. The van der Waals surface area contributed by atoms with Crippen molar-refractivity contribution >= 4 is 62.8 Å². The summed E-state index contributed by atoms with van der Waals surface area (Å²) in [5.74, 6) is -0.624. The summed E-state index contributed by atoms with van der Waals surface area (Å²) >= 11 is 7.71. The molecule has 4 rings (SSSR count). The van der Waals surface area contributed by atoms with Crippen LogP contribution < -0.4 is 10.7 Å². The number of rotatable bonds is 5. The second-order valence-corrected chi connectivity index (χ2v) is 7.44. The van der Waals surface area contributed by atoms with Crippen molar-refractivity contribution in [2.24, 2.45) is 0 Å². The molecule has 0 spiro atoms. The average molecular weight is 427 g/mol. The number of anilines is 2. The Morgan fingerprint density at radius 2 is 1.93 bits per heavy atom. The summed E-state index contributed by atoms with van der Waals surface area (Å²) < 4.78 is 1.61. The second-order valence-electron chi connectivity index (χ2n) is 6.22. The van der Waals surface area contributed by atoms with Gasteiger partial charge in [-0.25, -0.2) is 9.97 Å². The predicted octanol–water partition coefficient (Wildman–Crippen LogP) is 4.15. The maximum absolute atomic E-state index is 13.1. The highest BCUT2D eigenvalue weighted by atomic mass is 35.5. The Kier molecular flexibility index (Phi) is 5.12. The van der Waals surface area contributed by atoms with E-state index in [1.54, 1.807) is 53.4 Å². The fourth-order valence-corrected chi connectivity index (χ4v) is 4.33. The van der Waals surface area contributed by atoms with Gasteiger partial charge in [0.05, 0.1) is 21.0 Å². The molecule has 29 heavy (non-hydrogen) atoms. The first-order valence-electron chi connectivity index (χ1n) is 8.58. The smallest absolute Gasteiger partial charge is 0.323 e. The maximum Gasteiger partial charge on any atom is 0.323 e. The van der Waals surface area contributed by atoms with Crippen LogP contribution in [0.4, 0.5) is 11.6 Å². The Morgan fingerprint density at radius 3 is 2.62 bits per heavy atom. The van der Waals surface area contributed by atoms with E-state index >= 15 is 0 Å². The maximum atomic E-state index is 13.1. The van der Waals surface area contributed by atoms with Crippen LogP contribution in [0.25, 0.3) is 21.8 Å². The van der Waals surface area contributed by atoms with Gasteiger partial charge >= 0.3 is 5.97 Å². The summed E-state index contributed by atoms with van der Waals surface area (Å²) in [5.41, 5.74) is 1.46. The molecule has 0 saturated heterocycles. The third-order valence-electron chi connectivity index (χ3n) is 4.45. The molecule has 0 amide bonds. The van der Waals surface area contributed by atoms with Crippen LogP contribution in [0, 0.1) is 0 Å². The largest absolute Gasteiger partial charge is 0.480 e. The number of aliphatic carboxylic acids is 1. The molecule has 0 aliphatic heterocycles. The van der Waals surface area contributed by atoms with Crippen LogP contribution in [-0.2, 0) is 11.3 Å². The van der Waals surface area contributed by atoms with Gasteiger partial charge in [-0.2, -0.15) is 0 Å². The summed E-state index contributed by atoms with van der Waals surface area (Å²) in [4.78, 5) is 33.7. The Hall–Kier alpha value is -3.10. The van der Waals surface area contributed by atoms with Gasteiger partial charge in [-0.05, 0) is 42.7 Å². The molecule has 0 atom stereocenters. The Balaban J connectivity index is 2.05. The van der Waals surface area contributed by atoms with Gasteiger partial charge in [-0.15, -0.1) is 11.8 Å². The lowest BCUT2D eigenvalue weighted by molar-refractivity contribution is -0.137. The molecular weight excluding hydrogens is 412 g/mol. The lowest BCUT2D eigenvalue weighted by Gasteiger charge is -2.17. The number of hydrogen-bond donors (Lipinski definition) is 2. The number of nitrogens with zero attached hydrogens (tertiary/aromatic N) is 3. The zero-order chi connectivity index (χ0) is 20.5. The zero-order valence-electron chi connectivity index (χ0n) is 15.2. The van der Waals surface area contributed by atoms with Gasteiger partial charge in [0.2, 0.25) is 5.95 Å². The van der Waals surface area contributed by atoms with E-state index in [9.17, 15) is 14.7 Å². The fourth-order valence-electron chi connectivity index (χ4n) is 3.27. The fraction of sp³-hybridized carbons (Fsp3) is 0.100. The summed E-state index contributed by atoms with van der Waals surface area (Å²) in [7, 11) is 0. The molecule has 0 radical (unpaired) electrons. The molecule has 0 aliphatic carbocycles. The molecular formula is C20H15ClN4O3S. The van der Waals surface area contributed by atoms with E-state index in [-0.39, 0.29) is 12.0 Å². The highest BCUT2D eigenvalue weighted by Crippen LogP contribution is 2.34. The van der Waals surface area contributed by atoms with Crippen molar-refractivity contribution in [3.63, 3.8) is 0 Å². The molecule has 9 heteroatoms. The molecule has 4 aromatic rings. The van der Waals surface area contributed by atoms with Gasteiger partial charge in [0.25, 0.3) is 0 Å². The highest BCUT2D eigenvalue weighted by molar-refractivity contribution is 7.99. The van der Waals surface area contributed by atoms with Crippen molar-refractivity contribution in [1.82, 2.24) is 14.5 Å². The number of thioether (sulfide) groups is 1. The van der Waals surface area contributed by atoms with Crippen molar-refractivity contribution in [3.8, 4) is 0 Å². The van der Waals surface area contributed by atoms with Gasteiger partial charge in [-0.1, -0.05) is 11.6 Å². The number of carboxylic acids is 1. The van der Waals surface area contributed by atoms with E-state index in [4.69, 9.17) is 11.6 Å².